The van der Waals surface area contributed by atoms with Crippen molar-refractivity contribution in [3.63, 3.8) is 0 Å². The zero-order chi connectivity index (χ0) is 16.7. The van der Waals surface area contributed by atoms with Crippen molar-refractivity contribution in [1.82, 2.24) is 4.72 Å². The van der Waals surface area contributed by atoms with Crippen molar-refractivity contribution in [2.75, 3.05) is 0 Å². The molecule has 0 saturated carbocycles. The minimum Gasteiger partial charge on any atom is -0.731 e. The fourth-order valence-corrected chi connectivity index (χ4v) is 2.87. The molecular weight excluding hydrogens is 325 g/mol. The molecule has 23 heavy (non-hydrogen) atoms. The third-order valence-corrected chi connectivity index (χ3v) is 4.22. The number of unbranched alkanes of at least 4 members (excludes halogenated alkanes) is 12. The van der Waals surface area contributed by atoms with E-state index < -0.39 is 16.2 Å². The quantitative estimate of drug-likeness (QED) is 0.270. The third kappa shape index (κ3) is 22.4. The maximum Gasteiger partial charge on any atom is 1.00 e. The molecule has 0 heterocycles. The molecule has 5 nitrogen and oxygen atoms in total. The van der Waals surface area contributed by atoms with Crippen LogP contribution in [0.3, 0.4) is 0 Å². The normalized spacial score (nSPS) is 11.0. The van der Waals surface area contributed by atoms with Crippen molar-refractivity contribution in [2.24, 2.45) is 0 Å². The van der Waals surface area contributed by atoms with Crippen LogP contribution in [0.2, 0.25) is 0 Å². The Labute approximate surface area is 164 Å². The van der Waals surface area contributed by atoms with E-state index >= 15 is 0 Å². The van der Waals surface area contributed by atoms with E-state index in [4.69, 9.17) is 0 Å². The summed E-state index contributed by atoms with van der Waals surface area (Å²) in [5.41, 5.74) is 0. The third-order valence-electron chi connectivity index (χ3n) is 3.75. The monoisotopic (exact) mass is 357 g/mol. The molecule has 1 amide bonds. The minimum atomic E-state index is -4.64. The van der Waals surface area contributed by atoms with Gasteiger partial charge in [0.1, 0.15) is 0 Å². The van der Waals surface area contributed by atoms with Gasteiger partial charge in [0.05, 0.1) is 0 Å². The summed E-state index contributed by atoms with van der Waals surface area (Å²) in [6.07, 6.45) is 15.8. The Balaban J connectivity index is 0. The standard InChI is InChI=1S/C16H33NO4S.Na/c1-2-3-4-5-6-7-8-9-10-11-12-13-14-15-16(18)17-22(19,20)21;/h2-15H2,1H3,(H,17,18)(H,19,20,21);/q;+1/p-1. The molecular formula is C16H32NNaO4S. The zero-order valence-electron chi connectivity index (χ0n) is 14.9. The van der Waals surface area contributed by atoms with Crippen molar-refractivity contribution >= 4 is 16.2 Å². The molecule has 0 bridgehead atoms. The van der Waals surface area contributed by atoms with E-state index in [0.717, 1.165) is 19.3 Å². The second kappa shape index (κ2) is 17.2. The number of amides is 1. The Morgan fingerprint density at radius 2 is 1.13 bits per heavy atom. The number of nitrogens with one attached hydrogen (secondary N) is 1. The van der Waals surface area contributed by atoms with E-state index in [0.29, 0.717) is 6.42 Å². The van der Waals surface area contributed by atoms with Gasteiger partial charge < -0.3 is 4.55 Å². The average molecular weight is 357 g/mol. The Hall–Kier alpha value is 0.380. The van der Waals surface area contributed by atoms with Crippen molar-refractivity contribution in [1.29, 1.82) is 0 Å². The van der Waals surface area contributed by atoms with E-state index in [2.05, 4.69) is 6.92 Å². The van der Waals surface area contributed by atoms with Gasteiger partial charge in [0.15, 0.2) is 10.3 Å². The molecule has 0 spiro atoms. The molecule has 0 aromatic heterocycles. The molecule has 0 aliphatic heterocycles. The minimum absolute atomic E-state index is 0. The van der Waals surface area contributed by atoms with Crippen LogP contribution in [0.5, 0.6) is 0 Å². The molecule has 0 aliphatic carbocycles. The number of carbonyl (C=O) groups is 1. The predicted octanol–water partition coefficient (Wildman–Crippen LogP) is 1.05. The first-order valence-electron chi connectivity index (χ1n) is 8.72. The van der Waals surface area contributed by atoms with Gasteiger partial charge in [-0.05, 0) is 6.42 Å². The Morgan fingerprint density at radius 3 is 1.48 bits per heavy atom. The van der Waals surface area contributed by atoms with Crippen LogP contribution in [-0.2, 0) is 15.1 Å². The summed E-state index contributed by atoms with van der Waals surface area (Å²) in [4.78, 5) is 11.1. The molecule has 0 unspecified atom stereocenters. The van der Waals surface area contributed by atoms with E-state index in [-0.39, 0.29) is 36.0 Å². The van der Waals surface area contributed by atoms with Crippen molar-refractivity contribution < 1.29 is 47.3 Å². The van der Waals surface area contributed by atoms with Crippen LogP contribution in [0.15, 0.2) is 0 Å². The fraction of sp³-hybridized carbons (Fsp3) is 0.938. The molecule has 132 valence electrons. The largest absolute Gasteiger partial charge is 1.00 e. The summed E-state index contributed by atoms with van der Waals surface area (Å²) in [7, 11) is -4.64. The van der Waals surface area contributed by atoms with Gasteiger partial charge in [-0.25, -0.2) is 8.42 Å². The molecule has 0 aromatic rings. The second-order valence-electron chi connectivity index (χ2n) is 5.97. The summed E-state index contributed by atoms with van der Waals surface area (Å²) in [6, 6.07) is 0. The summed E-state index contributed by atoms with van der Waals surface area (Å²) in [5, 5.41) is 0. The van der Waals surface area contributed by atoms with Gasteiger partial charge in [0.2, 0.25) is 5.91 Å². The van der Waals surface area contributed by atoms with Gasteiger partial charge in [0.25, 0.3) is 0 Å². The Bertz CT molecular complexity index is 374. The first kappa shape index (κ1) is 25.6. The van der Waals surface area contributed by atoms with Crippen LogP contribution in [0.25, 0.3) is 0 Å². The summed E-state index contributed by atoms with van der Waals surface area (Å²) >= 11 is 0. The van der Waals surface area contributed by atoms with Crippen molar-refractivity contribution in [2.45, 2.75) is 96.8 Å². The molecule has 7 heteroatoms. The summed E-state index contributed by atoms with van der Waals surface area (Å²) in [5.74, 6) is -0.696. The van der Waals surface area contributed by atoms with E-state index in [1.165, 1.54) is 62.5 Å². The van der Waals surface area contributed by atoms with Crippen LogP contribution >= 0.6 is 0 Å². The fourth-order valence-electron chi connectivity index (χ4n) is 2.49. The second-order valence-corrected chi connectivity index (χ2v) is 7.08. The number of hydrogen-bond donors (Lipinski definition) is 1. The Kier molecular flexibility index (Phi) is 19.2. The first-order chi connectivity index (χ1) is 10.5. The van der Waals surface area contributed by atoms with Crippen LogP contribution in [0.4, 0.5) is 0 Å². The van der Waals surface area contributed by atoms with Crippen LogP contribution in [0.1, 0.15) is 96.8 Å². The maximum atomic E-state index is 11.1. The predicted molar refractivity (Wildman–Crippen MR) is 88.2 cm³/mol. The topological polar surface area (TPSA) is 86.3 Å². The van der Waals surface area contributed by atoms with Crippen molar-refractivity contribution in [3.8, 4) is 0 Å². The average Bonchev–Trinajstić information content (AvgIpc) is 2.42. The molecule has 1 N–H and O–H groups in total. The molecule has 0 atom stereocenters. The Morgan fingerprint density at radius 1 is 0.783 bits per heavy atom. The van der Waals surface area contributed by atoms with Gasteiger partial charge in [-0.1, -0.05) is 84.0 Å². The van der Waals surface area contributed by atoms with E-state index in [1.54, 1.807) is 0 Å². The van der Waals surface area contributed by atoms with Crippen LogP contribution in [0, 0.1) is 0 Å². The zero-order valence-corrected chi connectivity index (χ0v) is 17.8. The van der Waals surface area contributed by atoms with Crippen molar-refractivity contribution in [3.05, 3.63) is 0 Å². The molecule has 0 rings (SSSR count). The number of carbonyl (C=O) groups excluding carboxylic acids is 1. The first-order valence-corrected chi connectivity index (χ1v) is 10.1. The smallest absolute Gasteiger partial charge is 0.731 e. The summed E-state index contributed by atoms with van der Waals surface area (Å²) < 4.78 is 32.3. The maximum absolute atomic E-state index is 11.1. The van der Waals surface area contributed by atoms with Crippen LogP contribution < -0.4 is 34.3 Å². The molecule has 0 aliphatic rings. The van der Waals surface area contributed by atoms with E-state index in [9.17, 15) is 17.8 Å². The van der Waals surface area contributed by atoms with Gasteiger partial charge >= 0.3 is 29.6 Å². The summed E-state index contributed by atoms with van der Waals surface area (Å²) in [6.45, 7) is 2.23. The van der Waals surface area contributed by atoms with Crippen LogP contribution in [-0.4, -0.2) is 18.9 Å². The van der Waals surface area contributed by atoms with Gasteiger partial charge in [-0.2, -0.15) is 0 Å². The van der Waals surface area contributed by atoms with E-state index in [1.807, 2.05) is 0 Å². The van der Waals surface area contributed by atoms with Gasteiger partial charge in [-0.15, -0.1) is 0 Å². The number of hydrogen-bond acceptors (Lipinski definition) is 4. The molecule has 0 saturated heterocycles. The number of rotatable bonds is 15. The van der Waals surface area contributed by atoms with Gasteiger partial charge in [0, 0.05) is 6.42 Å². The van der Waals surface area contributed by atoms with Gasteiger partial charge in [-0.3, -0.25) is 9.52 Å². The molecule has 0 radical (unpaired) electrons. The molecule has 0 aromatic carbocycles. The molecule has 0 fully saturated rings. The SMILES string of the molecule is CCCCCCCCCCCCCCCC(=O)NS(=O)(=O)[O-].[Na+].